The molecule has 90 valence electrons. The molecular formula is C12H25NO2. The highest BCUT2D eigenvalue weighted by Gasteiger charge is 2.21. The lowest BCUT2D eigenvalue weighted by atomic mass is 9.87. The Morgan fingerprint density at radius 2 is 2.07 bits per heavy atom. The van der Waals surface area contributed by atoms with Gasteiger partial charge >= 0.3 is 0 Å². The van der Waals surface area contributed by atoms with E-state index in [1.54, 1.807) is 0 Å². The lowest BCUT2D eigenvalue weighted by molar-refractivity contribution is 0.0976. The van der Waals surface area contributed by atoms with Gasteiger partial charge < -0.3 is 15.5 Å². The first kappa shape index (κ1) is 12.9. The maximum absolute atomic E-state index is 9.52. The van der Waals surface area contributed by atoms with Crippen molar-refractivity contribution in [1.29, 1.82) is 0 Å². The Hall–Kier alpha value is -0.120. The van der Waals surface area contributed by atoms with Crippen molar-refractivity contribution < 1.29 is 10.2 Å². The average Bonchev–Trinajstić information content (AvgIpc) is 2.18. The van der Waals surface area contributed by atoms with E-state index in [4.69, 9.17) is 5.11 Å². The third kappa shape index (κ3) is 4.96. The van der Waals surface area contributed by atoms with Crippen molar-refractivity contribution in [3.05, 3.63) is 0 Å². The van der Waals surface area contributed by atoms with Gasteiger partial charge in [-0.2, -0.15) is 0 Å². The van der Waals surface area contributed by atoms with Crippen molar-refractivity contribution in [2.24, 2.45) is 11.3 Å². The molecule has 1 rings (SSSR count). The van der Waals surface area contributed by atoms with E-state index < -0.39 is 0 Å². The Morgan fingerprint density at radius 3 is 2.67 bits per heavy atom. The molecule has 0 aromatic heterocycles. The van der Waals surface area contributed by atoms with Crippen LogP contribution in [0.15, 0.2) is 0 Å². The quantitative estimate of drug-likeness (QED) is 0.645. The van der Waals surface area contributed by atoms with Gasteiger partial charge in [0.05, 0.1) is 6.10 Å². The maximum atomic E-state index is 9.52. The molecule has 0 bridgehead atoms. The van der Waals surface area contributed by atoms with Crippen LogP contribution in [0.4, 0.5) is 0 Å². The highest BCUT2D eigenvalue weighted by atomic mass is 16.3. The fourth-order valence-electron chi connectivity index (χ4n) is 2.12. The summed E-state index contributed by atoms with van der Waals surface area (Å²) in [7, 11) is 0. The highest BCUT2D eigenvalue weighted by molar-refractivity contribution is 4.76. The van der Waals surface area contributed by atoms with Crippen molar-refractivity contribution in [1.82, 2.24) is 5.32 Å². The second-order valence-electron chi connectivity index (χ2n) is 5.64. The fraction of sp³-hybridized carbons (Fsp3) is 1.00. The smallest absolute Gasteiger partial charge is 0.0543 e. The molecule has 2 unspecified atom stereocenters. The molecule has 0 amide bonds. The van der Waals surface area contributed by atoms with Gasteiger partial charge in [-0.25, -0.2) is 0 Å². The average molecular weight is 215 g/mol. The van der Waals surface area contributed by atoms with Gasteiger partial charge in [0.25, 0.3) is 0 Å². The molecule has 3 nitrogen and oxygen atoms in total. The topological polar surface area (TPSA) is 52.5 Å². The SMILES string of the molecule is CC(C)(CO)CNCC1CCCC(O)C1. The minimum absolute atomic E-state index is 0.0344. The van der Waals surface area contributed by atoms with Crippen LogP contribution in [-0.2, 0) is 0 Å². The lowest BCUT2D eigenvalue weighted by Gasteiger charge is -2.28. The Balaban J connectivity index is 2.14. The van der Waals surface area contributed by atoms with Crippen LogP contribution >= 0.6 is 0 Å². The molecule has 1 fully saturated rings. The van der Waals surface area contributed by atoms with Gasteiger partial charge in [-0.3, -0.25) is 0 Å². The van der Waals surface area contributed by atoms with Crippen LogP contribution in [0.1, 0.15) is 39.5 Å². The van der Waals surface area contributed by atoms with E-state index in [0.29, 0.717) is 5.92 Å². The van der Waals surface area contributed by atoms with Gasteiger partial charge in [-0.1, -0.05) is 20.3 Å². The highest BCUT2D eigenvalue weighted by Crippen LogP contribution is 2.23. The minimum atomic E-state index is -0.0867. The first-order chi connectivity index (χ1) is 7.03. The summed E-state index contributed by atoms with van der Waals surface area (Å²) in [5.74, 6) is 0.614. The third-order valence-electron chi connectivity index (χ3n) is 3.22. The molecule has 0 aromatic carbocycles. The summed E-state index contributed by atoms with van der Waals surface area (Å²) in [6, 6.07) is 0. The monoisotopic (exact) mass is 215 g/mol. The fourth-order valence-corrected chi connectivity index (χ4v) is 2.12. The van der Waals surface area contributed by atoms with Gasteiger partial charge in [0.15, 0.2) is 0 Å². The molecular weight excluding hydrogens is 190 g/mol. The van der Waals surface area contributed by atoms with Crippen LogP contribution in [-0.4, -0.2) is 36.0 Å². The number of nitrogens with one attached hydrogen (secondary N) is 1. The number of hydrogen-bond donors (Lipinski definition) is 3. The molecule has 0 spiro atoms. The molecule has 0 saturated heterocycles. The van der Waals surface area contributed by atoms with Crippen molar-refractivity contribution in [3.63, 3.8) is 0 Å². The molecule has 0 radical (unpaired) electrons. The van der Waals surface area contributed by atoms with E-state index in [2.05, 4.69) is 19.2 Å². The molecule has 3 heteroatoms. The normalized spacial score (nSPS) is 28.0. The van der Waals surface area contributed by atoms with Crippen molar-refractivity contribution in [2.75, 3.05) is 19.7 Å². The molecule has 0 aliphatic heterocycles. The Bertz CT molecular complexity index is 182. The molecule has 3 N–H and O–H groups in total. The van der Waals surface area contributed by atoms with Gasteiger partial charge in [-0.15, -0.1) is 0 Å². The third-order valence-corrected chi connectivity index (χ3v) is 3.22. The van der Waals surface area contributed by atoms with Crippen LogP contribution in [0.2, 0.25) is 0 Å². The summed E-state index contributed by atoms with van der Waals surface area (Å²) in [5.41, 5.74) is -0.0344. The second kappa shape index (κ2) is 5.83. The molecule has 1 aliphatic carbocycles. The van der Waals surface area contributed by atoms with Crippen molar-refractivity contribution in [2.45, 2.75) is 45.6 Å². The van der Waals surface area contributed by atoms with Gasteiger partial charge in [0, 0.05) is 18.6 Å². The largest absolute Gasteiger partial charge is 0.396 e. The van der Waals surface area contributed by atoms with Gasteiger partial charge in [0.2, 0.25) is 0 Å². The van der Waals surface area contributed by atoms with E-state index in [1.807, 2.05) is 0 Å². The zero-order chi connectivity index (χ0) is 11.3. The standard InChI is InChI=1S/C12H25NO2/c1-12(2,9-14)8-13-7-10-4-3-5-11(15)6-10/h10-11,13-15H,3-9H2,1-2H3. The van der Waals surface area contributed by atoms with Crippen LogP contribution in [0.5, 0.6) is 0 Å². The van der Waals surface area contributed by atoms with Crippen molar-refractivity contribution in [3.8, 4) is 0 Å². The van der Waals surface area contributed by atoms with Gasteiger partial charge in [0.1, 0.15) is 0 Å². The lowest BCUT2D eigenvalue weighted by Crippen LogP contribution is -2.36. The van der Waals surface area contributed by atoms with Crippen LogP contribution in [0, 0.1) is 11.3 Å². The number of rotatable bonds is 5. The van der Waals surface area contributed by atoms with Crippen LogP contribution in [0.25, 0.3) is 0 Å². The van der Waals surface area contributed by atoms with E-state index >= 15 is 0 Å². The van der Waals surface area contributed by atoms with E-state index in [-0.39, 0.29) is 18.1 Å². The zero-order valence-corrected chi connectivity index (χ0v) is 10.00. The second-order valence-corrected chi connectivity index (χ2v) is 5.64. The summed E-state index contributed by atoms with van der Waals surface area (Å²) in [6.07, 6.45) is 4.20. The number of aliphatic hydroxyl groups is 2. The predicted molar refractivity (Wildman–Crippen MR) is 61.7 cm³/mol. The summed E-state index contributed by atoms with van der Waals surface area (Å²) < 4.78 is 0. The van der Waals surface area contributed by atoms with E-state index in [0.717, 1.165) is 32.4 Å². The van der Waals surface area contributed by atoms with Crippen LogP contribution in [0.3, 0.4) is 0 Å². The minimum Gasteiger partial charge on any atom is -0.396 e. The molecule has 0 heterocycles. The summed E-state index contributed by atoms with van der Waals surface area (Å²) in [4.78, 5) is 0. The van der Waals surface area contributed by atoms with E-state index in [9.17, 15) is 5.11 Å². The zero-order valence-electron chi connectivity index (χ0n) is 10.00. The summed E-state index contributed by atoms with van der Waals surface area (Å²) in [5, 5.41) is 22.0. The first-order valence-corrected chi connectivity index (χ1v) is 6.03. The number of aliphatic hydroxyl groups excluding tert-OH is 2. The molecule has 2 atom stereocenters. The van der Waals surface area contributed by atoms with Crippen molar-refractivity contribution >= 4 is 0 Å². The Morgan fingerprint density at radius 1 is 1.33 bits per heavy atom. The Labute approximate surface area is 92.9 Å². The molecule has 1 saturated carbocycles. The molecule has 0 aromatic rings. The van der Waals surface area contributed by atoms with Crippen LogP contribution < -0.4 is 5.32 Å². The Kier molecular flexibility index (Phi) is 5.03. The summed E-state index contributed by atoms with van der Waals surface area (Å²) in [6.45, 7) is 6.13. The van der Waals surface area contributed by atoms with E-state index in [1.165, 1.54) is 6.42 Å². The molecule has 15 heavy (non-hydrogen) atoms. The summed E-state index contributed by atoms with van der Waals surface area (Å²) >= 11 is 0. The maximum Gasteiger partial charge on any atom is 0.0543 e. The number of hydrogen-bond acceptors (Lipinski definition) is 3. The first-order valence-electron chi connectivity index (χ1n) is 6.03. The van der Waals surface area contributed by atoms with Gasteiger partial charge in [-0.05, 0) is 31.7 Å². The molecule has 1 aliphatic rings. The predicted octanol–water partition coefficient (Wildman–Crippen LogP) is 1.15.